The van der Waals surface area contributed by atoms with E-state index in [2.05, 4.69) is 19.1 Å². The summed E-state index contributed by atoms with van der Waals surface area (Å²) in [5.74, 6) is 0.388. The summed E-state index contributed by atoms with van der Waals surface area (Å²) in [4.78, 5) is 14.2. The van der Waals surface area contributed by atoms with Crippen LogP contribution in [0.1, 0.15) is 18.1 Å². The molecule has 1 aliphatic heterocycles. The molecule has 0 spiro atoms. The molecule has 0 saturated carbocycles. The minimum absolute atomic E-state index is 0.0571. The van der Waals surface area contributed by atoms with E-state index in [4.69, 9.17) is 4.74 Å². The molecule has 3 rings (SSSR count). The van der Waals surface area contributed by atoms with Crippen LogP contribution in [0.5, 0.6) is 11.5 Å². The Morgan fingerprint density at radius 3 is 2.50 bits per heavy atom. The van der Waals surface area contributed by atoms with Crippen LogP contribution in [0.2, 0.25) is 0 Å². The number of aliphatic hydroxyl groups is 1. The molecule has 24 heavy (non-hydrogen) atoms. The van der Waals surface area contributed by atoms with Crippen LogP contribution < -0.4 is 9.64 Å². The number of aromatic hydroxyl groups is 1. The van der Waals surface area contributed by atoms with Gasteiger partial charge in [-0.1, -0.05) is 31.2 Å². The number of hydrogen-bond donors (Lipinski definition) is 2. The largest absolute Gasteiger partial charge is 0.508 e. The third kappa shape index (κ3) is 3.21. The van der Waals surface area contributed by atoms with Gasteiger partial charge in [-0.3, -0.25) is 4.79 Å². The molecule has 0 aliphatic carbocycles. The monoisotopic (exact) mass is 327 g/mol. The Morgan fingerprint density at radius 1 is 1.12 bits per heavy atom. The molecule has 1 atom stereocenters. The molecule has 0 radical (unpaired) electrons. The zero-order chi connectivity index (χ0) is 17.1. The highest BCUT2D eigenvalue weighted by atomic mass is 16.5. The van der Waals surface area contributed by atoms with Gasteiger partial charge in [-0.25, -0.2) is 0 Å². The molecule has 5 heteroatoms. The van der Waals surface area contributed by atoms with E-state index in [-0.39, 0.29) is 24.8 Å². The van der Waals surface area contributed by atoms with E-state index in [0.717, 1.165) is 12.0 Å². The number of rotatable bonds is 5. The highest BCUT2D eigenvalue weighted by Crippen LogP contribution is 2.37. The average molecular weight is 327 g/mol. The minimum Gasteiger partial charge on any atom is -0.508 e. The third-order valence-electron chi connectivity index (χ3n) is 4.22. The lowest BCUT2D eigenvalue weighted by Gasteiger charge is -2.34. The molecule has 1 aliphatic rings. The van der Waals surface area contributed by atoms with Crippen LogP contribution in [-0.4, -0.2) is 35.4 Å². The number of ether oxygens (including phenoxy) is 1. The van der Waals surface area contributed by atoms with Gasteiger partial charge in [0.05, 0.1) is 12.3 Å². The molecular weight excluding hydrogens is 306 g/mol. The topological polar surface area (TPSA) is 70.0 Å². The van der Waals surface area contributed by atoms with Gasteiger partial charge >= 0.3 is 0 Å². The molecule has 2 aromatic rings. The van der Waals surface area contributed by atoms with Crippen molar-refractivity contribution in [1.82, 2.24) is 0 Å². The van der Waals surface area contributed by atoms with Gasteiger partial charge in [0.2, 0.25) is 0 Å². The van der Waals surface area contributed by atoms with Crippen molar-refractivity contribution >= 4 is 11.6 Å². The number of carbonyl (C=O) groups is 1. The highest BCUT2D eigenvalue weighted by molar-refractivity contribution is 6.00. The number of phenolic OH excluding ortho intramolecular Hbond substituents is 1. The Hall–Kier alpha value is -2.53. The standard InChI is InChI=1S/C19H21NO4/c1-2-13-3-5-14(6-4-13)11-18-19(23)20(9-10-21)16-12-15(22)7-8-17(16)24-18/h3-8,12,18,21-22H,2,9-11H2,1H3. The van der Waals surface area contributed by atoms with E-state index < -0.39 is 6.10 Å². The van der Waals surface area contributed by atoms with Crippen LogP contribution in [0, 0.1) is 0 Å². The molecule has 5 nitrogen and oxygen atoms in total. The van der Waals surface area contributed by atoms with Gasteiger partial charge in [-0.05, 0) is 29.7 Å². The Morgan fingerprint density at radius 2 is 1.83 bits per heavy atom. The number of anilines is 1. The predicted octanol–water partition coefficient (Wildman–Crippen LogP) is 2.28. The van der Waals surface area contributed by atoms with Crippen LogP contribution in [0.4, 0.5) is 5.69 Å². The van der Waals surface area contributed by atoms with E-state index in [9.17, 15) is 15.0 Å². The first-order valence-corrected chi connectivity index (χ1v) is 8.12. The molecule has 2 N–H and O–H groups in total. The van der Waals surface area contributed by atoms with Gasteiger partial charge in [0.1, 0.15) is 11.5 Å². The number of β-amino-alcohol motifs (C(OH)–C–C–N with tert-alkyl or cyclic N) is 1. The van der Waals surface area contributed by atoms with Crippen molar-refractivity contribution in [3.05, 3.63) is 53.6 Å². The van der Waals surface area contributed by atoms with Crippen molar-refractivity contribution in [1.29, 1.82) is 0 Å². The van der Waals surface area contributed by atoms with Crippen LogP contribution in [0.25, 0.3) is 0 Å². The van der Waals surface area contributed by atoms with Gasteiger partial charge in [0.25, 0.3) is 5.91 Å². The first-order valence-electron chi connectivity index (χ1n) is 8.12. The number of phenols is 1. The Labute approximate surface area is 141 Å². The number of fused-ring (bicyclic) bond motifs is 1. The molecule has 0 aromatic heterocycles. The van der Waals surface area contributed by atoms with Crippen molar-refractivity contribution in [2.24, 2.45) is 0 Å². The van der Waals surface area contributed by atoms with E-state index in [1.54, 1.807) is 6.07 Å². The zero-order valence-corrected chi connectivity index (χ0v) is 13.6. The summed E-state index contributed by atoms with van der Waals surface area (Å²) in [7, 11) is 0. The number of amides is 1. The zero-order valence-electron chi connectivity index (χ0n) is 13.6. The van der Waals surface area contributed by atoms with Crippen molar-refractivity contribution in [3.63, 3.8) is 0 Å². The average Bonchev–Trinajstić information content (AvgIpc) is 2.60. The summed E-state index contributed by atoms with van der Waals surface area (Å²) in [6.45, 7) is 2.12. The maximum atomic E-state index is 12.7. The minimum atomic E-state index is -0.638. The molecule has 126 valence electrons. The van der Waals surface area contributed by atoms with Crippen molar-refractivity contribution < 1.29 is 19.7 Å². The Balaban J connectivity index is 1.86. The number of aryl methyl sites for hydroxylation is 1. The fraction of sp³-hybridized carbons (Fsp3) is 0.316. The summed E-state index contributed by atoms with van der Waals surface area (Å²) < 4.78 is 5.85. The van der Waals surface area contributed by atoms with E-state index in [1.165, 1.54) is 22.6 Å². The lowest BCUT2D eigenvalue weighted by Crippen LogP contribution is -2.48. The summed E-state index contributed by atoms with van der Waals surface area (Å²) >= 11 is 0. The molecule has 1 heterocycles. The number of nitrogens with zero attached hydrogens (tertiary/aromatic N) is 1. The van der Waals surface area contributed by atoms with Gasteiger partial charge in [-0.2, -0.15) is 0 Å². The maximum absolute atomic E-state index is 12.7. The van der Waals surface area contributed by atoms with Gasteiger partial charge < -0.3 is 19.8 Å². The lowest BCUT2D eigenvalue weighted by molar-refractivity contribution is -0.126. The van der Waals surface area contributed by atoms with Crippen molar-refractivity contribution in [2.45, 2.75) is 25.9 Å². The SMILES string of the molecule is CCc1ccc(CC2Oc3ccc(O)cc3N(CCO)C2=O)cc1. The first-order chi connectivity index (χ1) is 11.6. The Kier molecular flexibility index (Phi) is 4.71. The van der Waals surface area contributed by atoms with Crippen LogP contribution in [-0.2, 0) is 17.6 Å². The lowest BCUT2D eigenvalue weighted by atomic mass is 10.0. The summed E-state index contributed by atoms with van der Waals surface area (Å²) in [5, 5.41) is 18.9. The quantitative estimate of drug-likeness (QED) is 0.884. The molecule has 0 saturated heterocycles. The van der Waals surface area contributed by atoms with Gasteiger partial charge in [0.15, 0.2) is 6.10 Å². The van der Waals surface area contributed by atoms with E-state index in [1.807, 2.05) is 12.1 Å². The van der Waals surface area contributed by atoms with Crippen LogP contribution in [0.15, 0.2) is 42.5 Å². The first kappa shape index (κ1) is 16.3. The predicted molar refractivity (Wildman–Crippen MR) is 91.5 cm³/mol. The van der Waals surface area contributed by atoms with Gasteiger partial charge in [-0.15, -0.1) is 0 Å². The highest BCUT2D eigenvalue weighted by Gasteiger charge is 2.34. The molecule has 2 aromatic carbocycles. The molecular formula is C19H21NO4. The summed E-state index contributed by atoms with van der Waals surface area (Å²) in [5.41, 5.74) is 2.76. The second kappa shape index (κ2) is 6.93. The second-order valence-electron chi connectivity index (χ2n) is 5.85. The number of hydrogen-bond acceptors (Lipinski definition) is 4. The number of carbonyl (C=O) groups excluding carboxylic acids is 1. The van der Waals surface area contributed by atoms with Gasteiger partial charge in [0, 0.05) is 19.0 Å². The summed E-state index contributed by atoms with van der Waals surface area (Å²) in [6.07, 6.45) is 0.798. The molecule has 0 bridgehead atoms. The normalized spacial score (nSPS) is 16.7. The molecule has 1 unspecified atom stereocenters. The molecule has 1 amide bonds. The fourth-order valence-corrected chi connectivity index (χ4v) is 2.90. The van der Waals surface area contributed by atoms with Crippen molar-refractivity contribution in [2.75, 3.05) is 18.1 Å². The summed E-state index contributed by atoms with van der Waals surface area (Å²) in [6, 6.07) is 12.8. The van der Waals surface area contributed by atoms with Crippen LogP contribution in [0.3, 0.4) is 0 Å². The number of benzene rings is 2. The second-order valence-corrected chi connectivity index (χ2v) is 5.85. The van der Waals surface area contributed by atoms with E-state index in [0.29, 0.717) is 17.9 Å². The molecule has 0 fully saturated rings. The smallest absolute Gasteiger partial charge is 0.268 e. The fourth-order valence-electron chi connectivity index (χ4n) is 2.90. The number of aliphatic hydroxyl groups excluding tert-OH is 1. The Bertz CT molecular complexity index is 727. The third-order valence-corrected chi connectivity index (χ3v) is 4.22. The maximum Gasteiger partial charge on any atom is 0.268 e. The van der Waals surface area contributed by atoms with Crippen molar-refractivity contribution in [3.8, 4) is 11.5 Å². The van der Waals surface area contributed by atoms with E-state index >= 15 is 0 Å². The van der Waals surface area contributed by atoms with Crippen LogP contribution >= 0.6 is 0 Å².